The van der Waals surface area contributed by atoms with Crippen molar-refractivity contribution in [2.75, 3.05) is 0 Å². The van der Waals surface area contributed by atoms with Crippen molar-refractivity contribution in [2.45, 2.75) is 58.3 Å². The predicted octanol–water partition coefficient (Wildman–Crippen LogP) is 4.09. The summed E-state index contributed by atoms with van der Waals surface area (Å²) < 4.78 is 5.63. The molecule has 94 valence electrons. The van der Waals surface area contributed by atoms with E-state index in [0.717, 1.165) is 29.2 Å². The third-order valence-electron chi connectivity index (χ3n) is 4.78. The molecule has 1 aromatic heterocycles. The van der Waals surface area contributed by atoms with E-state index in [1.54, 1.807) is 0 Å². The molecule has 0 amide bonds. The Balaban J connectivity index is 1.97. The number of rotatable bonds is 1. The van der Waals surface area contributed by atoms with Crippen molar-refractivity contribution in [1.82, 2.24) is 5.16 Å². The van der Waals surface area contributed by atoms with E-state index in [4.69, 9.17) is 4.52 Å². The van der Waals surface area contributed by atoms with E-state index in [1.165, 1.54) is 32.1 Å². The first-order valence-corrected chi connectivity index (χ1v) is 7.01. The zero-order chi connectivity index (χ0) is 12.0. The molecule has 2 unspecified atom stereocenters. The lowest BCUT2D eigenvalue weighted by molar-refractivity contribution is 0.0581. The van der Waals surface area contributed by atoms with Gasteiger partial charge in [-0.2, -0.15) is 0 Å². The molecule has 0 N–H and O–H groups in total. The summed E-state index contributed by atoms with van der Waals surface area (Å²) in [6, 6.07) is 2.17. The van der Waals surface area contributed by atoms with Gasteiger partial charge in [-0.3, -0.25) is 0 Å². The van der Waals surface area contributed by atoms with E-state index in [9.17, 15) is 0 Å². The number of hydrogen-bond acceptors (Lipinski definition) is 2. The fourth-order valence-corrected chi connectivity index (χ4v) is 4.62. The second kappa shape index (κ2) is 3.86. The van der Waals surface area contributed by atoms with Crippen LogP contribution < -0.4 is 0 Å². The SMILES string of the molecule is Cc1cc(C23CC(C)CC(CC(C)C2)C3)on1. The molecule has 3 rings (SSSR count). The third-order valence-corrected chi connectivity index (χ3v) is 4.78. The van der Waals surface area contributed by atoms with Gasteiger partial charge in [0.2, 0.25) is 0 Å². The van der Waals surface area contributed by atoms with Gasteiger partial charge in [-0.25, -0.2) is 0 Å². The normalized spacial score (nSPS) is 41.5. The molecule has 0 radical (unpaired) electrons. The van der Waals surface area contributed by atoms with Crippen molar-refractivity contribution >= 4 is 0 Å². The molecule has 2 saturated carbocycles. The predicted molar refractivity (Wildman–Crippen MR) is 67.8 cm³/mol. The summed E-state index contributed by atoms with van der Waals surface area (Å²) in [5, 5.41) is 4.11. The molecule has 0 spiro atoms. The highest BCUT2D eigenvalue weighted by Crippen LogP contribution is 2.53. The maximum absolute atomic E-state index is 5.63. The first kappa shape index (κ1) is 11.3. The first-order valence-electron chi connectivity index (χ1n) is 7.01. The van der Waals surface area contributed by atoms with E-state index in [1.807, 2.05) is 6.92 Å². The highest BCUT2D eigenvalue weighted by Gasteiger charge is 2.47. The Bertz CT molecular complexity index is 389. The second-order valence-corrected chi connectivity index (χ2v) is 6.77. The average Bonchev–Trinajstić information content (AvgIpc) is 2.62. The van der Waals surface area contributed by atoms with Crippen LogP contribution in [0, 0.1) is 24.7 Å². The molecule has 2 aliphatic rings. The minimum atomic E-state index is 0.307. The fourth-order valence-electron chi connectivity index (χ4n) is 4.62. The van der Waals surface area contributed by atoms with Gasteiger partial charge in [0.1, 0.15) is 5.76 Å². The lowest BCUT2D eigenvalue weighted by atomic mass is 9.56. The minimum Gasteiger partial charge on any atom is -0.361 e. The largest absolute Gasteiger partial charge is 0.361 e. The zero-order valence-corrected chi connectivity index (χ0v) is 11.2. The van der Waals surface area contributed by atoms with E-state index in [0.29, 0.717) is 5.41 Å². The third kappa shape index (κ3) is 1.92. The molecule has 1 heterocycles. The van der Waals surface area contributed by atoms with Gasteiger partial charge < -0.3 is 4.52 Å². The molecular weight excluding hydrogens is 210 g/mol. The summed E-state index contributed by atoms with van der Waals surface area (Å²) in [4.78, 5) is 0. The molecule has 0 saturated heterocycles. The van der Waals surface area contributed by atoms with E-state index in [2.05, 4.69) is 25.1 Å². The van der Waals surface area contributed by atoms with Crippen molar-refractivity contribution in [3.05, 3.63) is 17.5 Å². The maximum atomic E-state index is 5.63. The van der Waals surface area contributed by atoms with Crippen molar-refractivity contribution in [1.29, 1.82) is 0 Å². The van der Waals surface area contributed by atoms with Crippen LogP contribution in [0.15, 0.2) is 10.6 Å². The van der Waals surface area contributed by atoms with Gasteiger partial charge in [0, 0.05) is 11.5 Å². The van der Waals surface area contributed by atoms with Crippen LogP contribution in [0.25, 0.3) is 0 Å². The van der Waals surface area contributed by atoms with E-state index >= 15 is 0 Å². The van der Waals surface area contributed by atoms with Crippen molar-refractivity contribution in [2.24, 2.45) is 17.8 Å². The van der Waals surface area contributed by atoms with E-state index < -0.39 is 0 Å². The van der Waals surface area contributed by atoms with Crippen LogP contribution in [0.4, 0.5) is 0 Å². The van der Waals surface area contributed by atoms with E-state index in [-0.39, 0.29) is 0 Å². The number of aromatic nitrogens is 1. The van der Waals surface area contributed by atoms with Crippen LogP contribution >= 0.6 is 0 Å². The van der Waals surface area contributed by atoms with Crippen LogP contribution in [0.2, 0.25) is 0 Å². The zero-order valence-electron chi connectivity index (χ0n) is 11.2. The number of aryl methyl sites for hydroxylation is 1. The molecule has 1 aromatic rings. The smallest absolute Gasteiger partial charge is 0.143 e. The molecule has 0 aliphatic heterocycles. The van der Waals surface area contributed by atoms with Crippen LogP contribution in [0.5, 0.6) is 0 Å². The minimum absolute atomic E-state index is 0.307. The Morgan fingerprint density at radius 1 is 1.18 bits per heavy atom. The van der Waals surface area contributed by atoms with Crippen LogP contribution in [0.1, 0.15) is 57.4 Å². The van der Waals surface area contributed by atoms with Crippen molar-refractivity contribution in [3.63, 3.8) is 0 Å². The lowest BCUT2D eigenvalue weighted by Crippen LogP contribution is -2.42. The first-order chi connectivity index (χ1) is 8.07. The molecule has 2 aliphatic carbocycles. The standard InChI is InChI=1S/C15H23NO/c1-10-4-13-5-11(2)8-15(7-10,9-13)14-6-12(3)16-17-14/h6,10-11,13H,4-5,7-9H2,1-3H3. The Morgan fingerprint density at radius 2 is 1.82 bits per heavy atom. The maximum Gasteiger partial charge on any atom is 0.143 e. The quantitative estimate of drug-likeness (QED) is 0.730. The molecule has 2 bridgehead atoms. The highest BCUT2D eigenvalue weighted by atomic mass is 16.5. The van der Waals surface area contributed by atoms with Crippen LogP contribution in [-0.4, -0.2) is 5.16 Å². The number of nitrogens with zero attached hydrogens (tertiary/aromatic N) is 1. The summed E-state index contributed by atoms with van der Waals surface area (Å²) in [7, 11) is 0. The van der Waals surface area contributed by atoms with Crippen LogP contribution in [-0.2, 0) is 5.41 Å². The molecule has 2 atom stereocenters. The average molecular weight is 233 g/mol. The summed E-state index contributed by atoms with van der Waals surface area (Å²) in [5.41, 5.74) is 1.34. The monoisotopic (exact) mass is 233 g/mol. The number of fused-ring (bicyclic) bond motifs is 2. The molecule has 0 aromatic carbocycles. The van der Waals surface area contributed by atoms with Gasteiger partial charge >= 0.3 is 0 Å². The van der Waals surface area contributed by atoms with Crippen molar-refractivity contribution in [3.8, 4) is 0 Å². The summed E-state index contributed by atoms with van der Waals surface area (Å²) in [6.07, 6.45) is 6.75. The fraction of sp³-hybridized carbons (Fsp3) is 0.800. The second-order valence-electron chi connectivity index (χ2n) is 6.77. The molecular formula is C15H23NO. The Labute approximate surface area is 104 Å². The van der Waals surface area contributed by atoms with Gasteiger partial charge in [-0.15, -0.1) is 0 Å². The highest BCUT2D eigenvalue weighted by molar-refractivity contribution is 5.19. The molecule has 2 nitrogen and oxygen atoms in total. The number of hydrogen-bond donors (Lipinski definition) is 0. The lowest BCUT2D eigenvalue weighted by Gasteiger charge is -2.48. The molecule has 2 heteroatoms. The Morgan fingerprint density at radius 3 is 2.35 bits per heavy atom. The Hall–Kier alpha value is -0.790. The van der Waals surface area contributed by atoms with Crippen LogP contribution in [0.3, 0.4) is 0 Å². The van der Waals surface area contributed by atoms with Gasteiger partial charge in [0.05, 0.1) is 5.69 Å². The van der Waals surface area contributed by atoms with Gasteiger partial charge in [0.15, 0.2) is 0 Å². The Kier molecular flexibility index (Phi) is 2.57. The van der Waals surface area contributed by atoms with Gasteiger partial charge in [-0.1, -0.05) is 19.0 Å². The summed E-state index contributed by atoms with van der Waals surface area (Å²) in [6.45, 7) is 6.83. The molecule has 2 fully saturated rings. The summed E-state index contributed by atoms with van der Waals surface area (Å²) >= 11 is 0. The van der Waals surface area contributed by atoms with Gasteiger partial charge in [0.25, 0.3) is 0 Å². The van der Waals surface area contributed by atoms with Gasteiger partial charge in [-0.05, 0) is 56.8 Å². The summed E-state index contributed by atoms with van der Waals surface area (Å²) in [5.74, 6) is 3.75. The van der Waals surface area contributed by atoms with Crippen molar-refractivity contribution < 1.29 is 4.52 Å². The molecule has 17 heavy (non-hydrogen) atoms. The topological polar surface area (TPSA) is 26.0 Å².